The van der Waals surface area contributed by atoms with Crippen LogP contribution in [0.2, 0.25) is 0 Å². The maximum Gasteiger partial charge on any atom is 0.227 e. The molecule has 0 spiro atoms. The molecule has 2 aromatic rings. The molecule has 1 aliphatic heterocycles. The minimum Gasteiger partial charge on any atom is -0.493 e. The highest BCUT2D eigenvalue weighted by Crippen LogP contribution is 2.29. The lowest BCUT2D eigenvalue weighted by molar-refractivity contribution is -0.130. The van der Waals surface area contributed by atoms with Crippen LogP contribution in [-0.4, -0.2) is 38.1 Å². The number of hydrogen-bond donors (Lipinski definition) is 0. The first-order chi connectivity index (χ1) is 12.7. The van der Waals surface area contributed by atoms with Crippen molar-refractivity contribution in [1.82, 2.24) is 4.90 Å². The zero-order chi connectivity index (χ0) is 18.4. The minimum atomic E-state index is 0.181. The molecule has 138 valence electrons. The van der Waals surface area contributed by atoms with Crippen molar-refractivity contribution in [3.8, 4) is 11.5 Å². The molecule has 1 unspecified atom stereocenters. The molecule has 0 saturated carbocycles. The van der Waals surface area contributed by atoms with Crippen LogP contribution in [-0.2, 0) is 11.2 Å². The van der Waals surface area contributed by atoms with E-state index in [1.54, 1.807) is 14.2 Å². The van der Waals surface area contributed by atoms with Crippen LogP contribution in [0.3, 0.4) is 0 Å². The molecule has 0 aliphatic carbocycles. The third-order valence-corrected chi connectivity index (χ3v) is 5.10. The third kappa shape index (κ3) is 4.37. The molecule has 0 radical (unpaired) electrons. The Hall–Kier alpha value is -2.49. The van der Waals surface area contributed by atoms with Gasteiger partial charge < -0.3 is 14.4 Å². The van der Waals surface area contributed by atoms with Gasteiger partial charge in [-0.25, -0.2) is 0 Å². The van der Waals surface area contributed by atoms with Gasteiger partial charge in [0.15, 0.2) is 11.5 Å². The Kier molecular flexibility index (Phi) is 6.16. The van der Waals surface area contributed by atoms with Gasteiger partial charge in [0.2, 0.25) is 5.91 Å². The van der Waals surface area contributed by atoms with Gasteiger partial charge in [-0.2, -0.15) is 0 Å². The largest absolute Gasteiger partial charge is 0.493 e. The van der Waals surface area contributed by atoms with Gasteiger partial charge in [-0.3, -0.25) is 4.79 Å². The predicted molar refractivity (Wildman–Crippen MR) is 103 cm³/mol. The zero-order valence-corrected chi connectivity index (χ0v) is 15.6. The van der Waals surface area contributed by atoms with E-state index in [0.717, 1.165) is 31.5 Å². The minimum absolute atomic E-state index is 0.181. The Labute approximate surface area is 155 Å². The summed E-state index contributed by atoms with van der Waals surface area (Å²) in [6, 6.07) is 16.2. The molecule has 1 aliphatic rings. The van der Waals surface area contributed by atoms with Gasteiger partial charge in [-0.1, -0.05) is 42.8 Å². The maximum absolute atomic E-state index is 12.9. The summed E-state index contributed by atoms with van der Waals surface area (Å²) in [5.41, 5.74) is 2.28. The molecule has 1 fully saturated rings. The molecule has 0 aromatic heterocycles. The Morgan fingerprint density at radius 1 is 1.04 bits per heavy atom. The van der Waals surface area contributed by atoms with Crippen molar-refractivity contribution in [3.63, 3.8) is 0 Å². The normalized spacial score (nSPS) is 17.5. The second-order valence-corrected chi connectivity index (χ2v) is 6.81. The molecule has 2 aromatic carbocycles. The maximum atomic E-state index is 12.9. The molecule has 0 N–H and O–H groups in total. The van der Waals surface area contributed by atoms with E-state index in [-0.39, 0.29) is 5.91 Å². The lowest BCUT2D eigenvalue weighted by Crippen LogP contribution is -2.35. The van der Waals surface area contributed by atoms with E-state index in [1.807, 2.05) is 29.2 Å². The highest BCUT2D eigenvalue weighted by molar-refractivity contribution is 5.79. The lowest BCUT2D eigenvalue weighted by atomic mass is 9.94. The number of ether oxygens (including phenoxy) is 2. The van der Waals surface area contributed by atoms with Crippen molar-refractivity contribution in [3.05, 3.63) is 59.7 Å². The van der Waals surface area contributed by atoms with Gasteiger partial charge in [0.05, 0.1) is 20.6 Å². The third-order valence-electron chi connectivity index (χ3n) is 5.10. The molecule has 26 heavy (non-hydrogen) atoms. The number of carbonyl (C=O) groups excluding carboxylic acids is 1. The van der Waals surface area contributed by atoms with Crippen LogP contribution in [0.5, 0.6) is 11.5 Å². The second-order valence-electron chi connectivity index (χ2n) is 6.81. The monoisotopic (exact) mass is 353 g/mol. The molecule has 1 amide bonds. The number of nitrogens with zero attached hydrogens (tertiary/aromatic N) is 1. The summed E-state index contributed by atoms with van der Waals surface area (Å²) in [4.78, 5) is 14.9. The number of methoxy groups -OCH3 is 2. The standard InChI is InChI=1S/C22H27NO3/c1-25-20-12-11-17(14-21(20)26-2)15-22(24)23-13-7-6-10-19(16-23)18-8-4-3-5-9-18/h3-5,8-9,11-12,14,19H,6-7,10,13,15-16H2,1-2H3. The van der Waals surface area contributed by atoms with Crippen molar-refractivity contribution < 1.29 is 14.3 Å². The van der Waals surface area contributed by atoms with E-state index < -0.39 is 0 Å². The number of carbonyl (C=O) groups is 1. The predicted octanol–water partition coefficient (Wildman–Crippen LogP) is 4.04. The topological polar surface area (TPSA) is 38.8 Å². The summed E-state index contributed by atoms with van der Waals surface area (Å²) in [5, 5.41) is 0. The van der Waals surface area contributed by atoms with Gasteiger partial charge in [0.1, 0.15) is 0 Å². The summed E-state index contributed by atoms with van der Waals surface area (Å²) in [5.74, 6) is 1.95. The number of amides is 1. The quantitative estimate of drug-likeness (QED) is 0.814. The van der Waals surface area contributed by atoms with Gasteiger partial charge in [0.25, 0.3) is 0 Å². The summed E-state index contributed by atoms with van der Waals surface area (Å²) in [6.07, 6.45) is 3.77. The lowest BCUT2D eigenvalue weighted by Gasteiger charge is -2.25. The van der Waals surface area contributed by atoms with Gasteiger partial charge in [-0.15, -0.1) is 0 Å². The van der Waals surface area contributed by atoms with Crippen LogP contribution >= 0.6 is 0 Å². The van der Waals surface area contributed by atoms with E-state index in [9.17, 15) is 4.79 Å². The molecule has 1 atom stereocenters. The van der Waals surface area contributed by atoms with Gasteiger partial charge in [-0.05, 0) is 36.1 Å². The average Bonchev–Trinajstić information content (AvgIpc) is 2.95. The highest BCUT2D eigenvalue weighted by Gasteiger charge is 2.23. The van der Waals surface area contributed by atoms with Crippen LogP contribution in [0.15, 0.2) is 48.5 Å². The Morgan fingerprint density at radius 3 is 2.54 bits per heavy atom. The average molecular weight is 353 g/mol. The Morgan fingerprint density at radius 2 is 1.81 bits per heavy atom. The molecule has 4 heteroatoms. The summed E-state index contributed by atoms with van der Waals surface area (Å²) >= 11 is 0. The van der Waals surface area contributed by atoms with E-state index in [2.05, 4.69) is 24.3 Å². The first-order valence-electron chi connectivity index (χ1n) is 9.25. The fraction of sp³-hybridized carbons (Fsp3) is 0.409. The zero-order valence-electron chi connectivity index (χ0n) is 15.6. The summed E-state index contributed by atoms with van der Waals surface area (Å²) in [6.45, 7) is 1.64. The fourth-order valence-electron chi connectivity index (χ4n) is 3.64. The van der Waals surface area contributed by atoms with E-state index >= 15 is 0 Å². The summed E-state index contributed by atoms with van der Waals surface area (Å²) in [7, 11) is 3.23. The van der Waals surface area contributed by atoms with Crippen LogP contribution in [0.4, 0.5) is 0 Å². The molecule has 1 heterocycles. The summed E-state index contributed by atoms with van der Waals surface area (Å²) < 4.78 is 10.6. The van der Waals surface area contributed by atoms with Crippen LogP contribution in [0.1, 0.15) is 36.3 Å². The van der Waals surface area contributed by atoms with Crippen molar-refractivity contribution in [1.29, 1.82) is 0 Å². The fourth-order valence-corrected chi connectivity index (χ4v) is 3.64. The van der Waals surface area contributed by atoms with Crippen LogP contribution < -0.4 is 9.47 Å². The number of benzene rings is 2. The SMILES string of the molecule is COc1ccc(CC(=O)N2CCCCC(c3ccccc3)C2)cc1OC. The van der Waals surface area contributed by atoms with Gasteiger partial charge in [0, 0.05) is 19.0 Å². The van der Waals surface area contributed by atoms with Crippen molar-refractivity contribution in [2.45, 2.75) is 31.6 Å². The number of hydrogen-bond acceptors (Lipinski definition) is 3. The molecule has 0 bridgehead atoms. The smallest absolute Gasteiger partial charge is 0.227 e. The molecule has 4 nitrogen and oxygen atoms in total. The van der Waals surface area contributed by atoms with Crippen LogP contribution in [0.25, 0.3) is 0 Å². The van der Waals surface area contributed by atoms with Gasteiger partial charge >= 0.3 is 0 Å². The molecular weight excluding hydrogens is 326 g/mol. The highest BCUT2D eigenvalue weighted by atomic mass is 16.5. The van der Waals surface area contributed by atoms with Crippen molar-refractivity contribution >= 4 is 5.91 Å². The second kappa shape index (κ2) is 8.75. The Bertz CT molecular complexity index is 729. The number of likely N-dealkylation sites (tertiary alicyclic amines) is 1. The van der Waals surface area contributed by atoms with E-state index in [1.165, 1.54) is 12.0 Å². The first-order valence-corrected chi connectivity index (χ1v) is 9.25. The number of rotatable bonds is 5. The Balaban J connectivity index is 1.70. The molecule has 3 rings (SSSR count). The molecular formula is C22H27NO3. The van der Waals surface area contributed by atoms with E-state index in [4.69, 9.17) is 9.47 Å². The van der Waals surface area contributed by atoms with Crippen molar-refractivity contribution in [2.24, 2.45) is 0 Å². The van der Waals surface area contributed by atoms with Crippen molar-refractivity contribution in [2.75, 3.05) is 27.3 Å². The van der Waals surface area contributed by atoms with Crippen LogP contribution in [0, 0.1) is 0 Å². The molecule has 1 saturated heterocycles. The van der Waals surface area contributed by atoms with E-state index in [0.29, 0.717) is 23.8 Å². The first kappa shape index (κ1) is 18.3.